The molecule has 0 bridgehead atoms. The summed E-state index contributed by atoms with van der Waals surface area (Å²) in [6, 6.07) is 3.20. The van der Waals surface area contributed by atoms with Crippen molar-refractivity contribution in [3.8, 4) is 5.75 Å². The van der Waals surface area contributed by atoms with Crippen molar-refractivity contribution in [3.05, 3.63) is 29.8 Å². The molecule has 1 saturated carbocycles. The first-order valence-corrected chi connectivity index (χ1v) is 5.40. The van der Waals surface area contributed by atoms with Gasteiger partial charge in [0.2, 0.25) is 0 Å². The van der Waals surface area contributed by atoms with Gasteiger partial charge in [0.25, 0.3) is 0 Å². The van der Waals surface area contributed by atoms with Crippen molar-refractivity contribution < 1.29 is 18.6 Å². The molecule has 1 aromatic rings. The Labute approximate surface area is 92.9 Å². The number of hydrogen-bond acceptors (Lipinski definition) is 2. The summed E-state index contributed by atoms with van der Waals surface area (Å²) in [6.45, 7) is -0.135. The number of aliphatic hydroxyl groups is 1. The van der Waals surface area contributed by atoms with Crippen LogP contribution in [0.4, 0.5) is 8.78 Å². The number of hydrogen-bond donors (Lipinski definition) is 1. The van der Waals surface area contributed by atoms with Crippen molar-refractivity contribution in [2.45, 2.75) is 31.3 Å². The van der Waals surface area contributed by atoms with Crippen molar-refractivity contribution in [2.75, 3.05) is 6.61 Å². The van der Waals surface area contributed by atoms with E-state index in [1.165, 1.54) is 6.07 Å². The molecule has 0 heterocycles. The van der Waals surface area contributed by atoms with E-state index in [1.54, 1.807) is 0 Å². The molecule has 1 N–H and O–H groups in total. The van der Waals surface area contributed by atoms with Crippen LogP contribution in [-0.2, 0) is 0 Å². The molecule has 0 aliphatic heterocycles. The van der Waals surface area contributed by atoms with Gasteiger partial charge in [-0.1, -0.05) is 0 Å². The first kappa shape index (κ1) is 11.3. The summed E-state index contributed by atoms with van der Waals surface area (Å²) >= 11 is 0. The number of rotatable bonds is 3. The minimum Gasteiger partial charge on any atom is -0.482 e. The molecule has 0 spiro atoms. The molecule has 0 amide bonds. The second kappa shape index (κ2) is 4.37. The van der Waals surface area contributed by atoms with Crippen LogP contribution in [0.15, 0.2) is 18.2 Å². The molecule has 1 aromatic carbocycles. The van der Waals surface area contributed by atoms with E-state index in [2.05, 4.69) is 0 Å². The van der Waals surface area contributed by atoms with E-state index in [4.69, 9.17) is 4.74 Å². The van der Waals surface area contributed by atoms with E-state index in [1.807, 2.05) is 0 Å². The third-order valence-electron chi connectivity index (χ3n) is 3.02. The normalized spacial score (nSPS) is 18.7. The van der Waals surface area contributed by atoms with Gasteiger partial charge in [0, 0.05) is 6.07 Å². The first-order valence-electron chi connectivity index (χ1n) is 5.40. The van der Waals surface area contributed by atoms with Crippen molar-refractivity contribution in [3.63, 3.8) is 0 Å². The van der Waals surface area contributed by atoms with Gasteiger partial charge >= 0.3 is 0 Å². The summed E-state index contributed by atoms with van der Waals surface area (Å²) in [5, 5.41) is 9.30. The van der Waals surface area contributed by atoms with Gasteiger partial charge in [-0.2, -0.15) is 0 Å². The number of aliphatic hydroxyl groups excluding tert-OH is 1. The smallest absolute Gasteiger partial charge is 0.168 e. The summed E-state index contributed by atoms with van der Waals surface area (Å²) in [6.07, 6.45) is 3.34. The van der Waals surface area contributed by atoms with Gasteiger partial charge in [0.15, 0.2) is 11.6 Å². The first-order chi connectivity index (χ1) is 7.65. The van der Waals surface area contributed by atoms with Crippen LogP contribution in [0.3, 0.4) is 0 Å². The summed E-state index contributed by atoms with van der Waals surface area (Å²) in [4.78, 5) is 0. The Bertz CT molecular complexity index is 373. The van der Waals surface area contributed by atoms with Crippen LogP contribution in [0.25, 0.3) is 0 Å². The SMILES string of the molecule is OCC1(Oc2ccc(F)cc2F)CCCC1. The zero-order valence-corrected chi connectivity index (χ0v) is 8.88. The highest BCUT2D eigenvalue weighted by molar-refractivity contribution is 5.25. The van der Waals surface area contributed by atoms with Crippen LogP contribution in [0.1, 0.15) is 25.7 Å². The second-order valence-electron chi connectivity index (χ2n) is 4.23. The third-order valence-corrected chi connectivity index (χ3v) is 3.02. The van der Waals surface area contributed by atoms with Gasteiger partial charge in [-0.3, -0.25) is 0 Å². The summed E-state index contributed by atoms with van der Waals surface area (Å²) in [5.74, 6) is -1.34. The highest BCUT2D eigenvalue weighted by atomic mass is 19.1. The molecule has 0 radical (unpaired) electrons. The maximum Gasteiger partial charge on any atom is 0.168 e. The molecular weight excluding hydrogens is 214 g/mol. The maximum absolute atomic E-state index is 13.4. The predicted molar refractivity (Wildman–Crippen MR) is 55.3 cm³/mol. The maximum atomic E-state index is 13.4. The number of halogens is 2. The lowest BCUT2D eigenvalue weighted by Gasteiger charge is -2.28. The molecule has 0 atom stereocenters. The van der Waals surface area contributed by atoms with E-state index in [9.17, 15) is 13.9 Å². The zero-order chi connectivity index (χ0) is 11.6. The molecule has 16 heavy (non-hydrogen) atoms. The Balaban J connectivity index is 2.19. The zero-order valence-electron chi connectivity index (χ0n) is 8.88. The van der Waals surface area contributed by atoms with Crippen LogP contribution >= 0.6 is 0 Å². The fourth-order valence-corrected chi connectivity index (χ4v) is 2.10. The summed E-state index contributed by atoms with van der Waals surface area (Å²) in [5.41, 5.74) is -0.682. The van der Waals surface area contributed by atoms with Crippen molar-refractivity contribution in [1.82, 2.24) is 0 Å². The van der Waals surface area contributed by atoms with Gasteiger partial charge in [-0.15, -0.1) is 0 Å². The number of benzene rings is 1. The molecule has 1 aliphatic rings. The molecule has 88 valence electrons. The predicted octanol–water partition coefficient (Wildman–Crippen LogP) is 2.65. The monoisotopic (exact) mass is 228 g/mol. The molecule has 0 saturated heterocycles. The quantitative estimate of drug-likeness (QED) is 0.861. The fraction of sp³-hybridized carbons (Fsp3) is 0.500. The average molecular weight is 228 g/mol. The van der Waals surface area contributed by atoms with Crippen molar-refractivity contribution >= 4 is 0 Å². The van der Waals surface area contributed by atoms with E-state index >= 15 is 0 Å². The standard InChI is InChI=1S/C12H14F2O2/c13-9-3-4-11(10(14)7-9)16-12(8-15)5-1-2-6-12/h3-4,7,15H,1-2,5-6,8H2. The lowest BCUT2D eigenvalue weighted by molar-refractivity contribution is 0.0121. The Morgan fingerprint density at radius 1 is 1.25 bits per heavy atom. The Kier molecular flexibility index (Phi) is 3.10. The lowest BCUT2D eigenvalue weighted by Crippen LogP contribution is -2.37. The summed E-state index contributed by atoms with van der Waals surface area (Å²) < 4.78 is 31.6. The van der Waals surface area contributed by atoms with Crippen LogP contribution in [0.2, 0.25) is 0 Å². The molecule has 2 rings (SSSR count). The van der Waals surface area contributed by atoms with Crippen LogP contribution < -0.4 is 4.74 Å². The van der Waals surface area contributed by atoms with Crippen LogP contribution in [0, 0.1) is 11.6 Å². The van der Waals surface area contributed by atoms with Gasteiger partial charge < -0.3 is 9.84 Å². The van der Waals surface area contributed by atoms with Crippen molar-refractivity contribution in [2.24, 2.45) is 0 Å². The van der Waals surface area contributed by atoms with E-state index in [0.717, 1.165) is 25.0 Å². The van der Waals surface area contributed by atoms with Gasteiger partial charge in [-0.25, -0.2) is 8.78 Å². The van der Waals surface area contributed by atoms with Gasteiger partial charge in [-0.05, 0) is 37.8 Å². The molecule has 1 aliphatic carbocycles. The molecular formula is C12H14F2O2. The molecule has 0 aromatic heterocycles. The van der Waals surface area contributed by atoms with E-state index in [0.29, 0.717) is 12.8 Å². The van der Waals surface area contributed by atoms with Crippen LogP contribution in [-0.4, -0.2) is 17.3 Å². The van der Waals surface area contributed by atoms with Gasteiger partial charge in [0.05, 0.1) is 6.61 Å². The fourth-order valence-electron chi connectivity index (χ4n) is 2.10. The average Bonchev–Trinajstić information content (AvgIpc) is 2.72. The topological polar surface area (TPSA) is 29.5 Å². The molecule has 1 fully saturated rings. The lowest BCUT2D eigenvalue weighted by atomic mass is 10.0. The largest absolute Gasteiger partial charge is 0.482 e. The van der Waals surface area contributed by atoms with Crippen molar-refractivity contribution in [1.29, 1.82) is 0 Å². The van der Waals surface area contributed by atoms with E-state index < -0.39 is 17.2 Å². The second-order valence-corrected chi connectivity index (χ2v) is 4.23. The Morgan fingerprint density at radius 3 is 2.50 bits per heavy atom. The van der Waals surface area contributed by atoms with Gasteiger partial charge in [0.1, 0.15) is 11.4 Å². The third kappa shape index (κ3) is 2.16. The molecule has 0 unspecified atom stereocenters. The minimum atomic E-state index is -0.722. The summed E-state index contributed by atoms with van der Waals surface area (Å²) in [7, 11) is 0. The minimum absolute atomic E-state index is 0.0114. The highest BCUT2D eigenvalue weighted by Gasteiger charge is 2.36. The molecule has 4 heteroatoms. The van der Waals surface area contributed by atoms with Crippen LogP contribution in [0.5, 0.6) is 5.75 Å². The Morgan fingerprint density at radius 2 is 1.94 bits per heavy atom. The molecule has 2 nitrogen and oxygen atoms in total. The van der Waals surface area contributed by atoms with E-state index in [-0.39, 0.29) is 12.4 Å². The highest BCUT2D eigenvalue weighted by Crippen LogP contribution is 2.35. The Hall–Kier alpha value is -1.16. The number of ether oxygens (including phenoxy) is 1.